The van der Waals surface area contributed by atoms with Crippen molar-refractivity contribution >= 4 is 13.7 Å². The standard InChI is InChI=1S/C43H75N2O6P/c1-6-8-10-12-14-16-17-18-19-20-21-22-23-24-25-26-27-29-31-33-35-37-43(47)44-41(40-51-52(48,49)50-39-38-45(3,4)5)42(46)36-34-32-30-28-15-13-11-9-7-2/h7-10,14-16,18-19,21-22,28,34,36,41-42,46H,6,11-13,17,20,23-27,29-33,35,37-40H2,1-5H3,(H-,44,47,48,49)/p+1/b9-7+,10-8-,16-14-,19-18-,22-21-,28-15+,36-34+. The highest BCUT2D eigenvalue weighted by atomic mass is 31.2. The summed E-state index contributed by atoms with van der Waals surface area (Å²) in [6.45, 7) is 4.39. The van der Waals surface area contributed by atoms with E-state index in [1.165, 1.54) is 25.7 Å². The molecule has 0 aliphatic heterocycles. The number of carbonyl (C=O) groups excluding carboxylic acids is 1. The van der Waals surface area contributed by atoms with Gasteiger partial charge in [0, 0.05) is 6.42 Å². The van der Waals surface area contributed by atoms with E-state index < -0.39 is 20.0 Å². The van der Waals surface area contributed by atoms with E-state index in [0.717, 1.165) is 83.5 Å². The van der Waals surface area contributed by atoms with E-state index in [4.69, 9.17) is 9.05 Å². The van der Waals surface area contributed by atoms with Crippen LogP contribution in [0.4, 0.5) is 0 Å². The molecule has 1 amide bonds. The monoisotopic (exact) mass is 748 g/mol. The number of carbonyl (C=O) groups is 1. The Kier molecular flexibility index (Phi) is 32.9. The van der Waals surface area contributed by atoms with Crippen molar-refractivity contribution in [1.82, 2.24) is 5.32 Å². The van der Waals surface area contributed by atoms with Crippen LogP contribution in [0.3, 0.4) is 0 Å². The van der Waals surface area contributed by atoms with E-state index >= 15 is 0 Å². The molecule has 0 aliphatic carbocycles. The molecule has 0 aliphatic rings. The van der Waals surface area contributed by atoms with Crippen LogP contribution in [-0.2, 0) is 18.4 Å². The molecule has 0 heterocycles. The lowest BCUT2D eigenvalue weighted by Crippen LogP contribution is -2.45. The lowest BCUT2D eigenvalue weighted by Gasteiger charge is -2.25. The Morgan fingerprint density at radius 2 is 1.19 bits per heavy atom. The normalized spacial score (nSPS) is 15.4. The molecule has 298 valence electrons. The zero-order valence-electron chi connectivity index (χ0n) is 33.5. The van der Waals surface area contributed by atoms with Gasteiger partial charge in [0.25, 0.3) is 0 Å². The highest BCUT2D eigenvalue weighted by Crippen LogP contribution is 2.43. The fraction of sp³-hybridized carbons (Fsp3) is 0.651. The molecular weight excluding hydrogens is 671 g/mol. The minimum Gasteiger partial charge on any atom is -0.387 e. The van der Waals surface area contributed by atoms with Crippen molar-refractivity contribution in [2.24, 2.45) is 0 Å². The first-order valence-electron chi connectivity index (χ1n) is 19.9. The highest BCUT2D eigenvalue weighted by molar-refractivity contribution is 7.47. The predicted molar refractivity (Wildman–Crippen MR) is 221 cm³/mol. The lowest BCUT2D eigenvalue weighted by molar-refractivity contribution is -0.870. The summed E-state index contributed by atoms with van der Waals surface area (Å²) in [4.78, 5) is 23.0. The number of allylic oxidation sites excluding steroid dienone is 13. The fourth-order valence-corrected chi connectivity index (χ4v) is 5.75. The highest BCUT2D eigenvalue weighted by Gasteiger charge is 2.27. The number of quaternary nitrogens is 1. The molecular formula is C43H76N2O6P+. The summed E-state index contributed by atoms with van der Waals surface area (Å²) in [6.07, 6.45) is 46.8. The third-order valence-corrected chi connectivity index (χ3v) is 9.16. The minimum absolute atomic E-state index is 0.0467. The largest absolute Gasteiger partial charge is 0.472 e. The Morgan fingerprint density at radius 1 is 0.692 bits per heavy atom. The van der Waals surface area contributed by atoms with Crippen LogP contribution in [0.25, 0.3) is 0 Å². The summed E-state index contributed by atoms with van der Waals surface area (Å²) in [5.41, 5.74) is 0. The van der Waals surface area contributed by atoms with Crippen molar-refractivity contribution in [3.05, 3.63) is 85.1 Å². The van der Waals surface area contributed by atoms with E-state index in [9.17, 15) is 19.4 Å². The number of hydrogen-bond donors (Lipinski definition) is 3. The fourth-order valence-electron chi connectivity index (χ4n) is 5.01. The van der Waals surface area contributed by atoms with Crippen LogP contribution in [0.1, 0.15) is 129 Å². The maximum absolute atomic E-state index is 12.8. The Balaban J connectivity index is 4.40. The van der Waals surface area contributed by atoms with Gasteiger partial charge in [-0.25, -0.2) is 4.57 Å². The van der Waals surface area contributed by atoms with Crippen LogP contribution in [0.5, 0.6) is 0 Å². The number of rotatable bonds is 34. The summed E-state index contributed by atoms with van der Waals surface area (Å²) in [5.74, 6) is -0.209. The van der Waals surface area contributed by atoms with Crippen LogP contribution in [-0.4, -0.2) is 73.4 Å². The number of hydrogen-bond acceptors (Lipinski definition) is 5. The van der Waals surface area contributed by atoms with Crippen molar-refractivity contribution in [1.29, 1.82) is 0 Å². The van der Waals surface area contributed by atoms with E-state index in [-0.39, 0.29) is 19.1 Å². The minimum atomic E-state index is -4.35. The van der Waals surface area contributed by atoms with E-state index in [2.05, 4.69) is 79.1 Å². The molecule has 8 nitrogen and oxygen atoms in total. The van der Waals surface area contributed by atoms with E-state index in [1.54, 1.807) is 6.08 Å². The zero-order valence-corrected chi connectivity index (χ0v) is 34.4. The van der Waals surface area contributed by atoms with Crippen molar-refractivity contribution in [2.75, 3.05) is 40.9 Å². The van der Waals surface area contributed by atoms with Crippen molar-refractivity contribution in [3.63, 3.8) is 0 Å². The van der Waals surface area contributed by atoms with E-state index in [1.807, 2.05) is 40.2 Å². The van der Waals surface area contributed by atoms with Gasteiger partial charge in [-0.1, -0.05) is 131 Å². The van der Waals surface area contributed by atoms with Gasteiger partial charge in [-0.05, 0) is 77.6 Å². The van der Waals surface area contributed by atoms with Gasteiger partial charge in [0.15, 0.2) is 0 Å². The number of aliphatic hydroxyl groups is 1. The number of phosphoric acid groups is 1. The molecule has 0 fully saturated rings. The van der Waals surface area contributed by atoms with Crippen LogP contribution < -0.4 is 5.32 Å². The third-order valence-electron chi connectivity index (χ3n) is 8.17. The SMILES string of the molecule is C/C=C/CC/C=C/CC/C=C/C(O)C(COP(=O)(O)OCC[N+](C)(C)C)NC(=O)CCCCCCCCCC/C=C\C/C=C\C/C=C\C/C=C\CC. The number of likely N-dealkylation sites (N-methyl/N-ethyl adjacent to an activating group) is 1. The van der Waals surface area contributed by atoms with Crippen LogP contribution in [0.15, 0.2) is 85.1 Å². The van der Waals surface area contributed by atoms with Gasteiger partial charge in [0.1, 0.15) is 13.2 Å². The van der Waals surface area contributed by atoms with Gasteiger partial charge in [-0.2, -0.15) is 0 Å². The Labute approximate surface area is 318 Å². The van der Waals surface area contributed by atoms with Crippen molar-refractivity contribution < 1.29 is 32.9 Å². The molecule has 3 N–H and O–H groups in total. The molecule has 9 heteroatoms. The number of unbranched alkanes of at least 4 members (excludes halogenated alkanes) is 10. The number of phosphoric ester groups is 1. The molecule has 0 bridgehead atoms. The lowest BCUT2D eigenvalue weighted by atomic mass is 10.1. The van der Waals surface area contributed by atoms with Crippen LogP contribution >= 0.6 is 7.82 Å². The molecule has 3 unspecified atom stereocenters. The van der Waals surface area contributed by atoms with Crippen molar-refractivity contribution in [2.45, 2.75) is 142 Å². The Bertz CT molecular complexity index is 1120. The summed E-state index contributed by atoms with van der Waals surface area (Å²) in [7, 11) is 1.52. The zero-order chi connectivity index (χ0) is 38.6. The van der Waals surface area contributed by atoms with Crippen molar-refractivity contribution in [3.8, 4) is 0 Å². The first-order chi connectivity index (χ1) is 25.0. The number of nitrogens with one attached hydrogen (secondary N) is 1. The summed E-state index contributed by atoms with van der Waals surface area (Å²) in [6, 6.07) is -0.876. The summed E-state index contributed by atoms with van der Waals surface area (Å²) in [5, 5.41) is 13.7. The predicted octanol–water partition coefficient (Wildman–Crippen LogP) is 10.6. The maximum atomic E-state index is 12.8. The first kappa shape index (κ1) is 49.7. The van der Waals surface area contributed by atoms with Gasteiger partial charge < -0.3 is 19.8 Å². The van der Waals surface area contributed by atoms with Crippen LogP contribution in [0, 0.1) is 0 Å². The summed E-state index contributed by atoms with van der Waals surface area (Å²) < 4.78 is 23.4. The molecule has 0 spiro atoms. The average Bonchev–Trinajstić information content (AvgIpc) is 3.09. The molecule has 0 aromatic rings. The number of amides is 1. The smallest absolute Gasteiger partial charge is 0.387 e. The number of aliphatic hydroxyl groups excluding tert-OH is 1. The van der Waals surface area contributed by atoms with Gasteiger partial charge in [-0.15, -0.1) is 0 Å². The second kappa shape index (κ2) is 34.4. The second-order valence-electron chi connectivity index (χ2n) is 14.3. The maximum Gasteiger partial charge on any atom is 0.472 e. The Morgan fingerprint density at radius 3 is 1.77 bits per heavy atom. The molecule has 0 rings (SSSR count). The number of nitrogens with zero attached hydrogens (tertiary/aromatic N) is 1. The van der Waals surface area contributed by atoms with Gasteiger partial charge >= 0.3 is 7.82 Å². The molecule has 3 atom stereocenters. The summed E-state index contributed by atoms with van der Waals surface area (Å²) >= 11 is 0. The Hall–Kier alpha value is -2.32. The van der Waals surface area contributed by atoms with Crippen LogP contribution in [0.2, 0.25) is 0 Å². The molecule has 0 radical (unpaired) electrons. The van der Waals surface area contributed by atoms with Gasteiger partial charge in [0.05, 0.1) is 39.9 Å². The average molecular weight is 748 g/mol. The quantitative estimate of drug-likeness (QED) is 0.0262. The molecule has 52 heavy (non-hydrogen) atoms. The molecule has 0 aromatic carbocycles. The third kappa shape index (κ3) is 36.1. The van der Waals surface area contributed by atoms with Gasteiger partial charge in [0.2, 0.25) is 5.91 Å². The topological polar surface area (TPSA) is 105 Å². The van der Waals surface area contributed by atoms with Gasteiger partial charge in [-0.3, -0.25) is 13.8 Å². The first-order valence-corrected chi connectivity index (χ1v) is 21.4. The molecule has 0 saturated heterocycles. The second-order valence-corrected chi connectivity index (χ2v) is 15.7. The van der Waals surface area contributed by atoms with E-state index in [0.29, 0.717) is 17.4 Å². The molecule has 0 aromatic heterocycles. The molecule has 0 saturated carbocycles.